The molecule has 1 unspecified atom stereocenters. The first-order chi connectivity index (χ1) is 6.88. The Kier molecular flexibility index (Phi) is 14.1. The Morgan fingerprint density at radius 1 is 1.67 bits per heavy atom. The van der Waals surface area contributed by atoms with Crippen LogP contribution in [0.4, 0.5) is 4.79 Å². The van der Waals surface area contributed by atoms with E-state index in [0.29, 0.717) is 13.1 Å². The number of amides is 1. The molecule has 0 aromatic carbocycles. The molecule has 1 amide bonds. The molecule has 1 heterocycles. The third-order valence-corrected chi connectivity index (χ3v) is 2.54. The molecule has 0 aliphatic carbocycles. The third-order valence-electron chi connectivity index (χ3n) is 1.76. The first-order valence-electron chi connectivity index (χ1n) is 4.40. The van der Waals surface area contributed by atoms with Crippen molar-refractivity contribution in [2.24, 2.45) is 0 Å². The number of carbonyl (C=O) groups is 1. The van der Waals surface area contributed by atoms with Gasteiger partial charge in [-0.3, -0.25) is 16.5 Å². The summed E-state index contributed by atoms with van der Waals surface area (Å²) in [6.45, 7) is 4.40. The smallest absolute Gasteiger partial charge is 0.480 e. The van der Waals surface area contributed by atoms with Gasteiger partial charge in [0.2, 0.25) is 0 Å². The molecule has 0 spiro atoms. The zero-order chi connectivity index (χ0) is 11.5. The van der Waals surface area contributed by atoms with Crippen LogP contribution >= 0.6 is 0 Å². The molecule has 7 heteroatoms. The van der Waals surface area contributed by atoms with Crippen molar-refractivity contribution in [2.75, 3.05) is 18.8 Å². The van der Waals surface area contributed by atoms with E-state index in [1.165, 1.54) is 4.90 Å². The van der Waals surface area contributed by atoms with Gasteiger partial charge in [0.25, 0.3) is 0 Å². The van der Waals surface area contributed by atoms with Crippen LogP contribution in [0.1, 0.15) is 0 Å². The molecule has 1 aliphatic rings. The van der Waals surface area contributed by atoms with Gasteiger partial charge in [-0.05, 0) is 11.9 Å². The Hall–Kier alpha value is 0.822. The van der Waals surface area contributed by atoms with Crippen molar-refractivity contribution in [1.82, 2.24) is 4.90 Å². The summed E-state index contributed by atoms with van der Waals surface area (Å²) < 4.78 is 15.9. The van der Waals surface area contributed by atoms with Crippen LogP contribution in [0.25, 0.3) is 0 Å². The molecule has 4 nitrogen and oxygen atoms in total. The minimum atomic E-state index is -2.26. The molecule has 0 bridgehead atoms. The monoisotopic (exact) mass is 516 g/mol. The van der Waals surface area contributed by atoms with Gasteiger partial charge in [0.15, 0.2) is 0 Å². The first kappa shape index (κ1) is 23.9. The molecule has 1 aliphatic heterocycles. The molecule has 101 valence electrons. The van der Waals surface area contributed by atoms with E-state index in [1.54, 1.807) is 6.08 Å². The largest absolute Gasteiger partial charge is 2.00 e. The molecule has 0 saturated carbocycles. The molecule has 1 fully saturated rings. The number of cyclic esters (lactones) is 1. The summed E-state index contributed by atoms with van der Waals surface area (Å²) >= 11 is 0. The maximum absolute atomic E-state index is 11.1. The number of hydrogen-bond acceptors (Lipinski definition) is 3. The summed E-state index contributed by atoms with van der Waals surface area (Å²) in [6.07, 6.45) is 7.13. The van der Waals surface area contributed by atoms with Crippen LogP contribution < -0.4 is 0 Å². The quantitative estimate of drug-likeness (QED) is 0.414. The second-order valence-electron chi connectivity index (χ2n) is 3.43. The van der Waals surface area contributed by atoms with Gasteiger partial charge in [-0.15, -0.1) is 6.54 Å². The van der Waals surface area contributed by atoms with Crippen molar-refractivity contribution in [3.63, 3.8) is 0 Å². The minimum absolute atomic E-state index is 0. The maximum atomic E-state index is 11.1. The van der Waals surface area contributed by atoms with Gasteiger partial charge in [0, 0.05) is 39.3 Å². The van der Waals surface area contributed by atoms with Gasteiger partial charge < -0.3 is 30.1 Å². The first-order valence-corrected chi connectivity index (χ1v) is 6.47. The SMILES string of the molecule is C=S([CH2-])(=O)CC=[C-]CN1C[C@H]([CH2-])OC1=O.[CH3-].[W+2].[Y]. The van der Waals surface area contributed by atoms with Gasteiger partial charge in [-0.2, -0.15) is 9.52 Å². The molecule has 1 rings (SSSR count). The summed E-state index contributed by atoms with van der Waals surface area (Å²) in [6, 6.07) is 0. The van der Waals surface area contributed by atoms with E-state index < -0.39 is 9.52 Å². The minimum Gasteiger partial charge on any atom is -0.480 e. The fourth-order valence-electron chi connectivity index (χ4n) is 1.09. The van der Waals surface area contributed by atoms with Crippen LogP contribution in [-0.2, 0) is 68.0 Å². The number of carbonyl (C=O) groups excluding carboxylic acids is 1. The van der Waals surface area contributed by atoms with E-state index in [9.17, 15) is 9.00 Å². The predicted octanol–water partition coefficient (Wildman–Crippen LogP) is 0.954. The Bertz CT molecular complexity index is 370. The van der Waals surface area contributed by atoms with Crippen LogP contribution in [0.5, 0.6) is 0 Å². The van der Waals surface area contributed by atoms with Crippen LogP contribution in [-0.4, -0.2) is 46.0 Å². The molecule has 0 N–H and O–H groups in total. The van der Waals surface area contributed by atoms with Gasteiger partial charge in [0.1, 0.15) is 0 Å². The van der Waals surface area contributed by atoms with E-state index in [2.05, 4.69) is 25.1 Å². The second-order valence-corrected chi connectivity index (χ2v) is 5.69. The van der Waals surface area contributed by atoms with Gasteiger partial charge in [-0.25, -0.2) is 4.79 Å². The average molecular weight is 516 g/mol. The van der Waals surface area contributed by atoms with Crippen molar-refractivity contribution in [3.8, 4) is 0 Å². The van der Waals surface area contributed by atoms with E-state index in [-0.39, 0.29) is 79.2 Å². The summed E-state index contributed by atoms with van der Waals surface area (Å²) in [5.74, 6) is 3.66. The normalized spacial score (nSPS) is 21.3. The van der Waals surface area contributed by atoms with E-state index in [0.717, 1.165) is 0 Å². The van der Waals surface area contributed by atoms with E-state index in [1.807, 2.05) is 0 Å². The Balaban J connectivity index is -0.000000750. The third kappa shape index (κ3) is 9.71. The van der Waals surface area contributed by atoms with E-state index in [4.69, 9.17) is 4.74 Å². The van der Waals surface area contributed by atoms with E-state index >= 15 is 0 Å². The van der Waals surface area contributed by atoms with Crippen molar-refractivity contribution in [1.29, 1.82) is 0 Å². The fraction of sp³-hybridized carbons (Fsp3) is 0.364. The summed E-state index contributed by atoms with van der Waals surface area (Å²) in [7, 11) is -2.26. The number of nitrogens with zero attached hydrogens (tertiary/aromatic N) is 1. The molecular weight excluding hydrogens is 499 g/mol. The maximum Gasteiger partial charge on any atom is 2.00 e. The van der Waals surface area contributed by atoms with Crippen molar-refractivity contribution < 1.29 is 67.5 Å². The molecule has 1 saturated heterocycles. The number of rotatable bonds is 4. The predicted molar refractivity (Wildman–Crippen MR) is 66.9 cm³/mol. The molecule has 0 aromatic rings. The van der Waals surface area contributed by atoms with Gasteiger partial charge >= 0.3 is 27.2 Å². The van der Waals surface area contributed by atoms with Crippen LogP contribution in [0.15, 0.2) is 6.08 Å². The summed E-state index contributed by atoms with van der Waals surface area (Å²) in [5, 5.41) is 0. The Labute approximate surface area is 150 Å². The zero-order valence-corrected chi connectivity index (χ0v) is 17.1. The van der Waals surface area contributed by atoms with Crippen molar-refractivity contribution in [3.05, 3.63) is 32.8 Å². The molecular formula is C11H17NO3SWY-2. The van der Waals surface area contributed by atoms with Crippen molar-refractivity contribution >= 4 is 21.5 Å². The molecule has 18 heavy (non-hydrogen) atoms. The molecule has 1 radical (unpaired) electrons. The topological polar surface area (TPSA) is 46.6 Å². The average Bonchev–Trinajstić information content (AvgIpc) is 2.37. The van der Waals surface area contributed by atoms with Crippen LogP contribution in [0, 0.1) is 26.7 Å². The van der Waals surface area contributed by atoms with Crippen LogP contribution in [0.2, 0.25) is 0 Å². The van der Waals surface area contributed by atoms with Crippen molar-refractivity contribution in [2.45, 2.75) is 6.10 Å². The fourth-order valence-corrected chi connectivity index (χ4v) is 1.51. The number of ether oxygens (including phenoxy) is 1. The summed E-state index contributed by atoms with van der Waals surface area (Å²) in [4.78, 5) is 12.6. The molecule has 2 atom stereocenters. The zero-order valence-electron chi connectivity index (χ0n) is 10.5. The van der Waals surface area contributed by atoms with Crippen LogP contribution in [0.3, 0.4) is 0 Å². The van der Waals surface area contributed by atoms with Gasteiger partial charge in [-0.1, -0.05) is 5.87 Å². The summed E-state index contributed by atoms with van der Waals surface area (Å²) in [5.41, 5.74) is 0. The Morgan fingerprint density at radius 3 is 2.61 bits per heavy atom. The van der Waals surface area contributed by atoms with Gasteiger partial charge in [0.05, 0.1) is 0 Å². The second kappa shape index (κ2) is 10.6. The Morgan fingerprint density at radius 2 is 2.22 bits per heavy atom. The standard InChI is InChI=1S/C10H14NO3S.CH3.W.Y/c1-9-8-11(10(12)14-9)6-4-5-7-15(2,3)13;;;/h5,9H,1-3,6-8H2;1H3;;/q-3;-1;+2;/t9-;;;/m0.../s1. The molecule has 0 aromatic heterocycles. The number of hydrogen-bond donors (Lipinski definition) is 0.